The van der Waals surface area contributed by atoms with Crippen LogP contribution in [0.15, 0.2) is 43.0 Å². The molecule has 0 saturated carbocycles. The summed E-state index contributed by atoms with van der Waals surface area (Å²) in [6.45, 7) is 3.41. The first kappa shape index (κ1) is 12.0. The molecule has 1 rings (SSSR count). The van der Waals surface area contributed by atoms with Crippen molar-refractivity contribution in [2.24, 2.45) is 0 Å². The molecule has 1 atom stereocenters. The number of carboxylic acid groups (broad SMARTS) is 1. The Kier molecular flexibility index (Phi) is 4.27. The van der Waals surface area contributed by atoms with E-state index in [0.717, 1.165) is 0 Å². The summed E-state index contributed by atoms with van der Waals surface area (Å²) in [5, 5.41) is 11.6. The Morgan fingerprint density at radius 2 is 2.00 bits per heavy atom. The Labute approximate surface area is 93.6 Å². The summed E-state index contributed by atoms with van der Waals surface area (Å²) in [6, 6.07) is 7.53. The Hall–Kier alpha value is -2.10. The normalized spacial score (nSPS) is 11.5. The van der Waals surface area contributed by atoms with Crippen molar-refractivity contribution in [3.05, 3.63) is 43.0 Å². The van der Waals surface area contributed by atoms with Gasteiger partial charge in [-0.3, -0.25) is 4.79 Å². The lowest BCUT2D eigenvalue weighted by Gasteiger charge is -2.13. The minimum Gasteiger partial charge on any atom is -0.479 e. The number of para-hydroxylation sites is 1. The average molecular weight is 219 g/mol. The number of rotatable bonds is 6. The van der Waals surface area contributed by atoms with Gasteiger partial charge in [0, 0.05) is 12.1 Å². The van der Waals surface area contributed by atoms with E-state index in [1.54, 1.807) is 24.3 Å². The van der Waals surface area contributed by atoms with Crippen LogP contribution in [0.25, 0.3) is 0 Å². The molecule has 0 radical (unpaired) electrons. The van der Waals surface area contributed by atoms with E-state index in [-0.39, 0.29) is 6.42 Å². The molecule has 0 amide bonds. The van der Waals surface area contributed by atoms with Gasteiger partial charge in [0.05, 0.1) is 0 Å². The number of nitrogens with one attached hydrogen (secondary N) is 1. The fourth-order valence-corrected chi connectivity index (χ4v) is 1.24. The summed E-state index contributed by atoms with van der Waals surface area (Å²) >= 11 is 0. The van der Waals surface area contributed by atoms with Crippen molar-refractivity contribution in [3.63, 3.8) is 0 Å². The fraction of sp³-hybridized carbons (Fsp3) is 0.167. The zero-order chi connectivity index (χ0) is 12.0. The van der Waals surface area contributed by atoms with E-state index in [2.05, 4.69) is 11.9 Å². The van der Waals surface area contributed by atoms with E-state index < -0.39 is 17.8 Å². The first-order valence-electron chi connectivity index (χ1n) is 4.83. The Morgan fingerprint density at radius 1 is 1.38 bits per heavy atom. The lowest BCUT2D eigenvalue weighted by Crippen LogP contribution is -2.37. The van der Waals surface area contributed by atoms with Crippen LogP contribution in [-0.4, -0.2) is 22.9 Å². The molecule has 0 bridgehead atoms. The first-order chi connectivity index (χ1) is 7.65. The number of carbonyl (C=O) groups excluding carboxylic acids is 1. The molecule has 0 aliphatic heterocycles. The SMILES string of the molecule is C=CCC(=O)C(Nc1ccccc1)C(=O)O. The van der Waals surface area contributed by atoms with Crippen molar-refractivity contribution in [1.82, 2.24) is 0 Å². The van der Waals surface area contributed by atoms with E-state index in [1.165, 1.54) is 6.08 Å². The van der Waals surface area contributed by atoms with Crippen LogP contribution in [0.3, 0.4) is 0 Å². The van der Waals surface area contributed by atoms with Gasteiger partial charge >= 0.3 is 5.97 Å². The predicted molar refractivity (Wildman–Crippen MR) is 61.3 cm³/mol. The van der Waals surface area contributed by atoms with Gasteiger partial charge in [-0.05, 0) is 12.1 Å². The third kappa shape index (κ3) is 3.24. The van der Waals surface area contributed by atoms with E-state index >= 15 is 0 Å². The summed E-state index contributed by atoms with van der Waals surface area (Å²) in [7, 11) is 0. The molecule has 0 aliphatic carbocycles. The quantitative estimate of drug-likeness (QED) is 0.564. The maximum atomic E-state index is 11.5. The predicted octanol–water partition coefficient (Wildman–Crippen LogP) is 1.70. The number of carbonyl (C=O) groups is 2. The zero-order valence-electron chi connectivity index (χ0n) is 8.72. The van der Waals surface area contributed by atoms with Gasteiger partial charge in [-0.25, -0.2) is 4.79 Å². The van der Waals surface area contributed by atoms with Crippen LogP contribution in [-0.2, 0) is 9.59 Å². The molecule has 1 aromatic carbocycles. The molecule has 0 fully saturated rings. The Balaban J connectivity index is 2.76. The number of benzene rings is 1. The largest absolute Gasteiger partial charge is 0.479 e. The van der Waals surface area contributed by atoms with Gasteiger partial charge in [-0.1, -0.05) is 24.3 Å². The number of hydrogen-bond acceptors (Lipinski definition) is 3. The number of Topliss-reactive ketones (excluding diaryl/α,β-unsaturated/α-hetero) is 1. The van der Waals surface area contributed by atoms with Gasteiger partial charge in [-0.2, -0.15) is 0 Å². The monoisotopic (exact) mass is 219 g/mol. The highest BCUT2D eigenvalue weighted by atomic mass is 16.4. The van der Waals surface area contributed by atoms with Crippen LogP contribution < -0.4 is 5.32 Å². The summed E-state index contributed by atoms with van der Waals surface area (Å²) in [5.41, 5.74) is 0.604. The third-order valence-corrected chi connectivity index (χ3v) is 2.00. The molecule has 4 heteroatoms. The molecule has 0 spiro atoms. The molecule has 0 heterocycles. The molecule has 1 unspecified atom stereocenters. The summed E-state index contributed by atoms with van der Waals surface area (Å²) < 4.78 is 0. The minimum absolute atomic E-state index is 0.0385. The zero-order valence-corrected chi connectivity index (χ0v) is 8.72. The van der Waals surface area contributed by atoms with E-state index in [9.17, 15) is 9.59 Å². The second kappa shape index (κ2) is 5.70. The van der Waals surface area contributed by atoms with Crippen LogP contribution in [0.5, 0.6) is 0 Å². The van der Waals surface area contributed by atoms with Crippen molar-refractivity contribution in [2.75, 3.05) is 5.32 Å². The second-order valence-corrected chi connectivity index (χ2v) is 3.24. The number of hydrogen-bond donors (Lipinski definition) is 2. The molecule has 4 nitrogen and oxygen atoms in total. The van der Waals surface area contributed by atoms with Crippen molar-refractivity contribution in [2.45, 2.75) is 12.5 Å². The van der Waals surface area contributed by atoms with Gasteiger partial charge in [-0.15, -0.1) is 6.58 Å². The molecule has 0 saturated heterocycles. The summed E-state index contributed by atoms with van der Waals surface area (Å²) in [4.78, 5) is 22.4. The molecule has 0 aliphatic rings. The number of anilines is 1. The molecule has 0 aromatic heterocycles. The Bertz CT molecular complexity index is 387. The maximum absolute atomic E-state index is 11.5. The average Bonchev–Trinajstić information content (AvgIpc) is 2.27. The van der Waals surface area contributed by atoms with Crippen LogP contribution in [0.2, 0.25) is 0 Å². The molecule has 84 valence electrons. The van der Waals surface area contributed by atoms with Gasteiger partial charge < -0.3 is 10.4 Å². The number of allylic oxidation sites excluding steroid dienone is 1. The van der Waals surface area contributed by atoms with Crippen molar-refractivity contribution < 1.29 is 14.7 Å². The van der Waals surface area contributed by atoms with Crippen molar-refractivity contribution in [3.8, 4) is 0 Å². The van der Waals surface area contributed by atoms with E-state index in [4.69, 9.17) is 5.11 Å². The number of carboxylic acids is 1. The van der Waals surface area contributed by atoms with Crippen LogP contribution >= 0.6 is 0 Å². The second-order valence-electron chi connectivity index (χ2n) is 3.24. The lowest BCUT2D eigenvalue weighted by molar-refractivity contribution is -0.141. The van der Waals surface area contributed by atoms with E-state index in [1.807, 2.05) is 6.07 Å². The third-order valence-electron chi connectivity index (χ3n) is 2.00. The molecular formula is C12H13NO3. The molecule has 16 heavy (non-hydrogen) atoms. The topological polar surface area (TPSA) is 66.4 Å². The fourth-order valence-electron chi connectivity index (χ4n) is 1.24. The number of ketones is 1. The highest BCUT2D eigenvalue weighted by molar-refractivity contribution is 6.05. The van der Waals surface area contributed by atoms with Crippen molar-refractivity contribution >= 4 is 17.4 Å². The summed E-state index contributed by atoms with van der Waals surface area (Å²) in [5.74, 6) is -1.60. The molecule has 1 aromatic rings. The highest BCUT2D eigenvalue weighted by Gasteiger charge is 2.24. The molecular weight excluding hydrogens is 206 g/mol. The highest BCUT2D eigenvalue weighted by Crippen LogP contribution is 2.08. The Morgan fingerprint density at radius 3 is 2.50 bits per heavy atom. The van der Waals surface area contributed by atoms with E-state index in [0.29, 0.717) is 5.69 Å². The lowest BCUT2D eigenvalue weighted by atomic mass is 10.1. The summed E-state index contributed by atoms with van der Waals surface area (Å²) in [6.07, 6.45) is 1.43. The van der Waals surface area contributed by atoms with Crippen molar-refractivity contribution in [1.29, 1.82) is 0 Å². The molecule has 2 N–H and O–H groups in total. The maximum Gasteiger partial charge on any atom is 0.333 e. The van der Waals surface area contributed by atoms with Gasteiger partial charge in [0.15, 0.2) is 11.8 Å². The standard InChI is InChI=1S/C12H13NO3/c1-2-6-10(14)11(12(15)16)13-9-7-4-3-5-8-9/h2-5,7-8,11,13H,1,6H2,(H,15,16). The van der Waals surface area contributed by atoms with Gasteiger partial charge in [0.25, 0.3) is 0 Å². The minimum atomic E-state index is -1.22. The van der Waals surface area contributed by atoms with Gasteiger partial charge in [0.1, 0.15) is 0 Å². The van der Waals surface area contributed by atoms with Crippen LogP contribution in [0.4, 0.5) is 5.69 Å². The van der Waals surface area contributed by atoms with Crippen LogP contribution in [0, 0.1) is 0 Å². The number of aliphatic carboxylic acids is 1. The van der Waals surface area contributed by atoms with Gasteiger partial charge in [0.2, 0.25) is 0 Å². The van der Waals surface area contributed by atoms with Crippen LogP contribution in [0.1, 0.15) is 6.42 Å². The first-order valence-corrected chi connectivity index (χ1v) is 4.83. The smallest absolute Gasteiger partial charge is 0.333 e.